The van der Waals surface area contributed by atoms with Gasteiger partial charge in [0.05, 0.1) is 11.1 Å². The molecule has 2 nitrogen and oxygen atoms in total. The Morgan fingerprint density at radius 3 is 1.50 bits per heavy atom. The van der Waals surface area contributed by atoms with Crippen molar-refractivity contribution in [3.63, 3.8) is 0 Å². The molecule has 0 radical (unpaired) electrons. The first-order chi connectivity index (χ1) is 25.8. The number of rotatable bonds is 6. The van der Waals surface area contributed by atoms with Crippen LogP contribution in [0.15, 0.2) is 205 Å². The molecule has 10 aromatic rings. The summed E-state index contributed by atoms with van der Waals surface area (Å²) in [4.78, 5) is 2.37. The zero-order valence-corrected chi connectivity index (χ0v) is 28.4. The van der Waals surface area contributed by atoms with Gasteiger partial charge in [0.25, 0.3) is 0 Å². The van der Waals surface area contributed by atoms with Crippen LogP contribution in [0.2, 0.25) is 0 Å². The van der Waals surface area contributed by atoms with Crippen molar-refractivity contribution in [3.05, 3.63) is 200 Å². The zero-order chi connectivity index (χ0) is 34.4. The molecule has 0 bridgehead atoms. The number of nitrogens with zero attached hydrogens (tertiary/aromatic N) is 1. The molecule has 0 saturated carbocycles. The van der Waals surface area contributed by atoms with Gasteiger partial charge in [-0.3, -0.25) is 0 Å². The second-order valence-electron chi connectivity index (χ2n) is 13.3. The molecule has 0 N–H and O–H groups in total. The third-order valence-electron chi connectivity index (χ3n) is 10.3. The van der Waals surface area contributed by atoms with Gasteiger partial charge in [0, 0.05) is 16.8 Å². The molecule has 0 aliphatic carbocycles. The minimum atomic E-state index is 0.861. The van der Waals surface area contributed by atoms with Crippen LogP contribution in [0.3, 0.4) is 0 Å². The molecule has 0 unspecified atom stereocenters. The smallest absolute Gasteiger partial charge is 0.137 e. The van der Waals surface area contributed by atoms with Gasteiger partial charge in [-0.25, -0.2) is 0 Å². The van der Waals surface area contributed by atoms with Gasteiger partial charge in [0.1, 0.15) is 11.2 Å². The van der Waals surface area contributed by atoms with Crippen LogP contribution in [-0.2, 0) is 0 Å². The lowest BCUT2D eigenvalue weighted by Crippen LogP contribution is -2.10. The molecule has 244 valence electrons. The van der Waals surface area contributed by atoms with Gasteiger partial charge in [-0.1, -0.05) is 158 Å². The van der Waals surface area contributed by atoms with Crippen LogP contribution in [0, 0.1) is 0 Å². The molecule has 0 aliphatic rings. The van der Waals surface area contributed by atoms with E-state index in [1.807, 2.05) is 0 Å². The first kappa shape index (κ1) is 30.0. The summed E-state index contributed by atoms with van der Waals surface area (Å²) in [6, 6.07) is 71.5. The molecular formula is C50H33NO. The summed E-state index contributed by atoms with van der Waals surface area (Å²) in [7, 11) is 0. The summed E-state index contributed by atoms with van der Waals surface area (Å²) in [5, 5.41) is 7.05. The Balaban J connectivity index is 1.21. The Morgan fingerprint density at radius 1 is 0.327 bits per heavy atom. The number of furan rings is 1. The zero-order valence-electron chi connectivity index (χ0n) is 28.4. The maximum atomic E-state index is 6.82. The fourth-order valence-corrected chi connectivity index (χ4v) is 7.83. The van der Waals surface area contributed by atoms with Gasteiger partial charge in [0.15, 0.2) is 0 Å². The van der Waals surface area contributed by atoms with E-state index in [1.165, 1.54) is 54.9 Å². The van der Waals surface area contributed by atoms with Crippen molar-refractivity contribution < 1.29 is 4.42 Å². The topological polar surface area (TPSA) is 16.4 Å². The Labute approximate surface area is 302 Å². The highest BCUT2D eigenvalue weighted by Crippen LogP contribution is 2.47. The van der Waals surface area contributed by atoms with Crippen LogP contribution in [0.5, 0.6) is 0 Å². The normalized spacial score (nSPS) is 11.5. The van der Waals surface area contributed by atoms with E-state index in [4.69, 9.17) is 4.42 Å². The monoisotopic (exact) mass is 663 g/mol. The van der Waals surface area contributed by atoms with E-state index in [2.05, 4.69) is 205 Å². The average molecular weight is 664 g/mol. The predicted molar refractivity (Wildman–Crippen MR) is 220 cm³/mol. The maximum Gasteiger partial charge on any atom is 0.137 e. The SMILES string of the molecule is c1ccc(-c2ccc(N(c3ccc(-c4ccccc4)cc3)c3cccc4oc5cc(-c6cccc7ccccc67)c6ccccc6c5c34)cc2)cc1. The van der Waals surface area contributed by atoms with Crippen molar-refractivity contribution in [2.75, 3.05) is 4.90 Å². The number of hydrogen-bond donors (Lipinski definition) is 0. The summed E-state index contributed by atoms with van der Waals surface area (Å²) in [6.45, 7) is 0. The maximum absolute atomic E-state index is 6.82. The van der Waals surface area contributed by atoms with Crippen molar-refractivity contribution in [1.82, 2.24) is 0 Å². The molecule has 0 fully saturated rings. The van der Waals surface area contributed by atoms with Crippen LogP contribution in [-0.4, -0.2) is 0 Å². The Kier molecular flexibility index (Phi) is 7.18. The predicted octanol–water partition coefficient (Wildman–Crippen LogP) is 14.4. The Morgan fingerprint density at radius 2 is 0.846 bits per heavy atom. The van der Waals surface area contributed by atoms with Gasteiger partial charge in [0.2, 0.25) is 0 Å². The Hall–Kier alpha value is -6.90. The number of hydrogen-bond acceptors (Lipinski definition) is 2. The Bertz CT molecular complexity index is 2780. The van der Waals surface area contributed by atoms with E-state index in [-0.39, 0.29) is 0 Å². The van der Waals surface area contributed by atoms with Crippen LogP contribution >= 0.6 is 0 Å². The summed E-state index contributed by atoms with van der Waals surface area (Å²) in [6.07, 6.45) is 0. The molecular weight excluding hydrogens is 631 g/mol. The molecule has 52 heavy (non-hydrogen) atoms. The number of fused-ring (bicyclic) bond motifs is 6. The summed E-state index contributed by atoms with van der Waals surface area (Å²) in [5.74, 6) is 0. The van der Waals surface area contributed by atoms with E-state index < -0.39 is 0 Å². The summed E-state index contributed by atoms with van der Waals surface area (Å²) < 4.78 is 6.82. The molecule has 9 aromatic carbocycles. The third kappa shape index (κ3) is 5.04. The highest BCUT2D eigenvalue weighted by molar-refractivity contribution is 6.26. The molecule has 1 heterocycles. The second kappa shape index (κ2) is 12.5. The van der Waals surface area contributed by atoms with E-state index in [0.29, 0.717) is 0 Å². The van der Waals surface area contributed by atoms with Crippen molar-refractivity contribution in [1.29, 1.82) is 0 Å². The highest BCUT2D eigenvalue weighted by Gasteiger charge is 2.22. The van der Waals surface area contributed by atoms with E-state index in [0.717, 1.165) is 39.0 Å². The lowest BCUT2D eigenvalue weighted by Gasteiger charge is -2.27. The molecule has 0 saturated heterocycles. The molecule has 0 amide bonds. The lowest BCUT2D eigenvalue weighted by molar-refractivity contribution is 0.669. The van der Waals surface area contributed by atoms with Crippen LogP contribution in [0.25, 0.3) is 76.9 Å². The quantitative estimate of drug-likeness (QED) is 0.176. The molecule has 2 heteroatoms. The van der Waals surface area contributed by atoms with Gasteiger partial charge >= 0.3 is 0 Å². The minimum Gasteiger partial charge on any atom is -0.456 e. The van der Waals surface area contributed by atoms with Crippen molar-refractivity contribution in [2.24, 2.45) is 0 Å². The molecule has 0 atom stereocenters. The van der Waals surface area contributed by atoms with Crippen LogP contribution in [0.4, 0.5) is 17.1 Å². The first-order valence-corrected chi connectivity index (χ1v) is 17.8. The van der Waals surface area contributed by atoms with Gasteiger partial charge in [-0.15, -0.1) is 0 Å². The van der Waals surface area contributed by atoms with Crippen molar-refractivity contribution >= 4 is 60.5 Å². The van der Waals surface area contributed by atoms with Gasteiger partial charge < -0.3 is 9.32 Å². The highest BCUT2D eigenvalue weighted by atomic mass is 16.3. The fraction of sp³-hybridized carbons (Fsp3) is 0. The number of anilines is 3. The average Bonchev–Trinajstić information content (AvgIpc) is 3.61. The summed E-state index contributed by atoms with van der Waals surface area (Å²) >= 11 is 0. The lowest BCUT2D eigenvalue weighted by atomic mass is 9.91. The molecule has 0 spiro atoms. The van der Waals surface area contributed by atoms with Gasteiger partial charge in [-0.2, -0.15) is 0 Å². The van der Waals surface area contributed by atoms with E-state index in [9.17, 15) is 0 Å². The van der Waals surface area contributed by atoms with Crippen LogP contribution in [0.1, 0.15) is 0 Å². The van der Waals surface area contributed by atoms with Gasteiger partial charge in [-0.05, 0) is 97.4 Å². The van der Waals surface area contributed by atoms with E-state index in [1.54, 1.807) is 0 Å². The van der Waals surface area contributed by atoms with Crippen LogP contribution < -0.4 is 4.90 Å². The minimum absolute atomic E-state index is 0.861. The molecule has 10 rings (SSSR count). The standard InChI is InChI=1S/C50H33NO/c1-3-13-34(14-4-1)36-25-29-39(30-26-36)51(40-31-27-37(28-32-40)35-15-5-2-6-16-35)46-23-12-24-47-50(46)49-44-21-10-9-20-43(44)45(33-48(49)52-47)42-22-11-18-38-17-7-8-19-41(38)42/h1-33H. The number of benzene rings is 9. The van der Waals surface area contributed by atoms with Crippen molar-refractivity contribution in [3.8, 4) is 33.4 Å². The molecule has 1 aromatic heterocycles. The van der Waals surface area contributed by atoms with Crippen molar-refractivity contribution in [2.45, 2.75) is 0 Å². The summed E-state index contributed by atoms with van der Waals surface area (Å²) in [5.41, 5.74) is 12.1. The second-order valence-corrected chi connectivity index (χ2v) is 13.3. The third-order valence-corrected chi connectivity index (χ3v) is 10.3. The first-order valence-electron chi connectivity index (χ1n) is 17.8. The van der Waals surface area contributed by atoms with E-state index >= 15 is 0 Å². The molecule has 0 aliphatic heterocycles. The fourth-order valence-electron chi connectivity index (χ4n) is 7.83. The largest absolute Gasteiger partial charge is 0.456 e.